The highest BCUT2D eigenvalue weighted by molar-refractivity contribution is 5.29. The number of benzene rings is 1. The van der Waals surface area contributed by atoms with Gasteiger partial charge in [0, 0.05) is 0 Å². The molecule has 0 heterocycles. The van der Waals surface area contributed by atoms with Crippen LogP contribution in [0.25, 0.3) is 0 Å². The highest BCUT2D eigenvalue weighted by atomic mass is 19.2. The molecule has 0 aliphatic rings. The topological polar surface area (TPSA) is 20.2 Å². The average molecular weight is 355 g/mol. The Morgan fingerprint density at radius 3 is 2.04 bits per heavy atom. The zero-order valence-electron chi connectivity index (χ0n) is 16.3. The lowest BCUT2D eigenvalue weighted by atomic mass is 9.87. The second-order valence-corrected chi connectivity index (χ2v) is 7.41. The molecule has 0 amide bonds. The van der Waals surface area contributed by atoms with Crippen molar-refractivity contribution in [3.63, 3.8) is 0 Å². The summed E-state index contributed by atoms with van der Waals surface area (Å²) in [6.45, 7) is 6.76. The van der Waals surface area contributed by atoms with E-state index in [2.05, 4.69) is 20.8 Å². The van der Waals surface area contributed by atoms with Gasteiger partial charge in [-0.15, -0.1) is 0 Å². The second kappa shape index (κ2) is 12.3. The van der Waals surface area contributed by atoms with E-state index in [1.165, 1.54) is 63.5 Å². The van der Waals surface area contributed by atoms with Crippen molar-refractivity contribution in [2.45, 2.75) is 91.4 Å². The number of phenols is 1. The first-order valence-corrected chi connectivity index (χ1v) is 10.2. The Balaban J connectivity index is 2.41. The smallest absolute Gasteiger partial charge is 0.200 e. The van der Waals surface area contributed by atoms with Gasteiger partial charge in [0.25, 0.3) is 0 Å². The van der Waals surface area contributed by atoms with Crippen LogP contribution < -0.4 is 0 Å². The maximum absolute atomic E-state index is 13.8. The molecule has 3 heteroatoms. The van der Waals surface area contributed by atoms with E-state index in [0.29, 0.717) is 17.9 Å². The number of halogens is 2. The minimum absolute atomic E-state index is 0.375. The van der Waals surface area contributed by atoms with Crippen molar-refractivity contribution < 1.29 is 13.9 Å². The van der Waals surface area contributed by atoms with Crippen LogP contribution >= 0.6 is 0 Å². The molecule has 0 aliphatic carbocycles. The van der Waals surface area contributed by atoms with Gasteiger partial charge in [-0.3, -0.25) is 0 Å². The van der Waals surface area contributed by atoms with Gasteiger partial charge < -0.3 is 5.11 Å². The van der Waals surface area contributed by atoms with Gasteiger partial charge in [0.15, 0.2) is 11.6 Å². The fourth-order valence-corrected chi connectivity index (χ4v) is 3.85. The van der Waals surface area contributed by atoms with Crippen molar-refractivity contribution in [1.82, 2.24) is 0 Å². The maximum Gasteiger partial charge on any atom is 0.200 e. The number of aromatic hydroxyl groups is 1. The molecule has 0 spiro atoms. The Morgan fingerprint density at radius 1 is 0.800 bits per heavy atom. The Kier molecular flexibility index (Phi) is 10.8. The molecule has 144 valence electrons. The number of hydrogen-bond donors (Lipinski definition) is 1. The summed E-state index contributed by atoms with van der Waals surface area (Å²) >= 11 is 0. The normalized spacial score (nSPS) is 13.8. The standard InChI is InChI=1S/C22H36F2O/c1-4-9-17(6-3)11-7-12-18(10-5-2)13-8-14-19-15-16-20(25)22(24)21(19)23/h15-18,25H,4-14H2,1-3H3. The van der Waals surface area contributed by atoms with Gasteiger partial charge in [-0.1, -0.05) is 84.6 Å². The third-order valence-electron chi connectivity index (χ3n) is 5.40. The number of hydrogen-bond acceptors (Lipinski definition) is 1. The first-order chi connectivity index (χ1) is 12.0. The number of aryl methyl sites for hydroxylation is 1. The van der Waals surface area contributed by atoms with Gasteiger partial charge in [0.2, 0.25) is 5.82 Å². The number of rotatable bonds is 13. The van der Waals surface area contributed by atoms with E-state index >= 15 is 0 Å². The summed E-state index contributed by atoms with van der Waals surface area (Å²) in [6, 6.07) is 2.75. The Bertz CT molecular complexity index is 487. The molecule has 2 atom stereocenters. The van der Waals surface area contributed by atoms with Crippen LogP contribution in [0.15, 0.2) is 12.1 Å². The maximum atomic E-state index is 13.8. The lowest BCUT2D eigenvalue weighted by Gasteiger charge is -2.19. The summed E-state index contributed by atoms with van der Waals surface area (Å²) in [5.74, 6) is -1.07. The zero-order valence-corrected chi connectivity index (χ0v) is 16.3. The Labute approximate surface area is 152 Å². The van der Waals surface area contributed by atoms with Crippen LogP contribution in [0.2, 0.25) is 0 Å². The highest BCUT2D eigenvalue weighted by Gasteiger charge is 2.14. The van der Waals surface area contributed by atoms with E-state index in [-0.39, 0.29) is 0 Å². The summed E-state index contributed by atoms with van der Waals surface area (Å²) in [4.78, 5) is 0. The van der Waals surface area contributed by atoms with Crippen molar-refractivity contribution in [3.05, 3.63) is 29.3 Å². The molecule has 0 saturated heterocycles. The fourth-order valence-electron chi connectivity index (χ4n) is 3.85. The molecule has 0 bridgehead atoms. The van der Waals surface area contributed by atoms with E-state index < -0.39 is 17.4 Å². The Morgan fingerprint density at radius 2 is 1.40 bits per heavy atom. The summed E-state index contributed by atoms with van der Waals surface area (Å²) in [5, 5.41) is 9.19. The number of phenolic OH excluding ortho intramolecular Hbond substituents is 1. The van der Waals surface area contributed by atoms with E-state index in [9.17, 15) is 13.9 Å². The van der Waals surface area contributed by atoms with Crippen LogP contribution in [-0.2, 0) is 6.42 Å². The third kappa shape index (κ3) is 7.75. The van der Waals surface area contributed by atoms with Gasteiger partial charge in [0.05, 0.1) is 0 Å². The molecule has 1 rings (SSSR count). The molecule has 25 heavy (non-hydrogen) atoms. The average Bonchev–Trinajstić information content (AvgIpc) is 2.60. The monoisotopic (exact) mass is 354 g/mol. The summed E-state index contributed by atoms with van der Waals surface area (Å²) < 4.78 is 27.2. The SMILES string of the molecule is CCCC(CC)CCCC(CCC)CCCc1ccc(O)c(F)c1F. The molecule has 1 aromatic rings. The molecule has 1 N–H and O–H groups in total. The van der Waals surface area contributed by atoms with Crippen LogP contribution in [0, 0.1) is 23.5 Å². The summed E-state index contributed by atoms with van der Waals surface area (Å²) in [7, 11) is 0. The molecule has 0 aromatic heterocycles. The molecule has 1 aromatic carbocycles. The van der Waals surface area contributed by atoms with Crippen molar-refractivity contribution in [3.8, 4) is 5.75 Å². The van der Waals surface area contributed by atoms with Crippen LogP contribution in [0.3, 0.4) is 0 Å². The molecular weight excluding hydrogens is 318 g/mol. The Hall–Kier alpha value is -1.12. The lowest BCUT2D eigenvalue weighted by molar-refractivity contribution is 0.349. The van der Waals surface area contributed by atoms with Gasteiger partial charge >= 0.3 is 0 Å². The predicted octanol–water partition coefficient (Wildman–Crippen LogP) is 7.41. The quantitative estimate of drug-likeness (QED) is 0.391. The van der Waals surface area contributed by atoms with Crippen LogP contribution in [0.5, 0.6) is 5.75 Å². The van der Waals surface area contributed by atoms with Gasteiger partial charge in [-0.2, -0.15) is 4.39 Å². The lowest BCUT2D eigenvalue weighted by Crippen LogP contribution is -2.05. The summed E-state index contributed by atoms with van der Waals surface area (Å²) in [6.07, 6.45) is 12.6. The minimum atomic E-state index is -1.12. The molecular formula is C22H36F2O. The second-order valence-electron chi connectivity index (χ2n) is 7.41. The van der Waals surface area contributed by atoms with E-state index in [4.69, 9.17) is 0 Å². The van der Waals surface area contributed by atoms with Gasteiger partial charge in [0.1, 0.15) is 0 Å². The third-order valence-corrected chi connectivity index (χ3v) is 5.40. The molecule has 0 fully saturated rings. The summed E-state index contributed by atoms with van der Waals surface area (Å²) in [5.41, 5.74) is 0.375. The van der Waals surface area contributed by atoms with Crippen LogP contribution in [-0.4, -0.2) is 5.11 Å². The minimum Gasteiger partial charge on any atom is -0.505 e. The van der Waals surface area contributed by atoms with E-state index in [1.54, 1.807) is 0 Å². The van der Waals surface area contributed by atoms with Crippen LogP contribution in [0.1, 0.15) is 90.5 Å². The predicted molar refractivity (Wildman–Crippen MR) is 102 cm³/mol. The first kappa shape index (κ1) is 21.9. The van der Waals surface area contributed by atoms with Crippen molar-refractivity contribution in [2.75, 3.05) is 0 Å². The first-order valence-electron chi connectivity index (χ1n) is 10.2. The molecule has 0 radical (unpaired) electrons. The molecule has 0 aliphatic heterocycles. The van der Waals surface area contributed by atoms with E-state index in [0.717, 1.165) is 18.8 Å². The molecule has 2 unspecified atom stereocenters. The fraction of sp³-hybridized carbons (Fsp3) is 0.727. The van der Waals surface area contributed by atoms with E-state index in [1.807, 2.05) is 0 Å². The zero-order chi connectivity index (χ0) is 18.7. The molecule has 1 nitrogen and oxygen atoms in total. The van der Waals surface area contributed by atoms with Gasteiger partial charge in [-0.25, -0.2) is 4.39 Å². The van der Waals surface area contributed by atoms with Crippen molar-refractivity contribution in [2.24, 2.45) is 11.8 Å². The van der Waals surface area contributed by atoms with Crippen molar-refractivity contribution >= 4 is 0 Å². The van der Waals surface area contributed by atoms with Crippen LogP contribution in [0.4, 0.5) is 8.78 Å². The van der Waals surface area contributed by atoms with Gasteiger partial charge in [-0.05, 0) is 36.3 Å². The highest BCUT2D eigenvalue weighted by Crippen LogP contribution is 2.27. The largest absolute Gasteiger partial charge is 0.505 e. The molecule has 0 saturated carbocycles. The van der Waals surface area contributed by atoms with Crippen molar-refractivity contribution in [1.29, 1.82) is 0 Å².